The van der Waals surface area contributed by atoms with Crippen molar-refractivity contribution in [1.82, 2.24) is 10.2 Å². The predicted molar refractivity (Wildman–Crippen MR) is 99.0 cm³/mol. The predicted octanol–water partition coefficient (Wildman–Crippen LogP) is 2.48. The molecular formula is C21H27N3O2. The molecule has 5 heteroatoms. The van der Waals surface area contributed by atoms with Crippen LogP contribution in [-0.4, -0.2) is 36.3 Å². The summed E-state index contributed by atoms with van der Waals surface area (Å²) in [6, 6.07) is 12.3. The summed E-state index contributed by atoms with van der Waals surface area (Å²) < 4.78 is 0. The number of carbonyl (C=O) groups excluding carboxylic acids is 2. The molecule has 0 unspecified atom stereocenters. The van der Waals surface area contributed by atoms with Crippen LogP contribution in [-0.2, 0) is 15.0 Å². The fraction of sp³-hybridized carbons (Fsp3) is 0.571. The SMILES string of the molecule is CC(C)(C)[C@@H]1CNC(=O)[C@H]1C(=O)N1CCC(C#N)(c2ccccc2)CC1. The summed E-state index contributed by atoms with van der Waals surface area (Å²) in [4.78, 5) is 27.2. The average molecular weight is 353 g/mol. The van der Waals surface area contributed by atoms with Crippen LogP contribution in [0.5, 0.6) is 0 Å². The van der Waals surface area contributed by atoms with Gasteiger partial charge in [-0.2, -0.15) is 5.26 Å². The Morgan fingerprint density at radius 2 is 1.85 bits per heavy atom. The number of piperidine rings is 1. The standard InChI is InChI=1S/C21H27N3O2/c1-20(2,3)16-13-23-18(25)17(16)19(26)24-11-9-21(14-22,10-12-24)15-7-5-4-6-8-15/h4-8,16-17H,9-13H2,1-3H3,(H,23,25)/t16-,17+/m1/s1. The normalized spacial score (nSPS) is 25.5. The molecule has 0 radical (unpaired) electrons. The van der Waals surface area contributed by atoms with Gasteiger partial charge in [0.05, 0.1) is 11.5 Å². The molecule has 5 nitrogen and oxygen atoms in total. The zero-order chi connectivity index (χ0) is 18.9. The molecule has 2 heterocycles. The van der Waals surface area contributed by atoms with Crippen LogP contribution in [0.2, 0.25) is 0 Å². The van der Waals surface area contributed by atoms with E-state index in [0.717, 1.165) is 5.56 Å². The van der Waals surface area contributed by atoms with Crippen LogP contribution < -0.4 is 5.32 Å². The van der Waals surface area contributed by atoms with Crippen molar-refractivity contribution < 1.29 is 9.59 Å². The van der Waals surface area contributed by atoms with Crippen molar-refractivity contribution in [2.75, 3.05) is 19.6 Å². The lowest BCUT2D eigenvalue weighted by Gasteiger charge is -2.39. The highest BCUT2D eigenvalue weighted by atomic mass is 16.2. The van der Waals surface area contributed by atoms with E-state index in [1.807, 2.05) is 30.3 Å². The van der Waals surface area contributed by atoms with Gasteiger partial charge in [0.25, 0.3) is 0 Å². The first-order chi connectivity index (χ1) is 12.3. The van der Waals surface area contributed by atoms with Gasteiger partial charge in [-0.15, -0.1) is 0 Å². The van der Waals surface area contributed by atoms with Crippen LogP contribution in [0.3, 0.4) is 0 Å². The second kappa shape index (κ2) is 6.75. The number of nitrogens with one attached hydrogen (secondary N) is 1. The van der Waals surface area contributed by atoms with Crippen molar-refractivity contribution >= 4 is 11.8 Å². The van der Waals surface area contributed by atoms with E-state index in [4.69, 9.17) is 0 Å². The van der Waals surface area contributed by atoms with Gasteiger partial charge < -0.3 is 10.2 Å². The van der Waals surface area contributed by atoms with Crippen LogP contribution in [0.15, 0.2) is 30.3 Å². The Labute approximate surface area is 155 Å². The van der Waals surface area contributed by atoms with Crippen molar-refractivity contribution in [3.05, 3.63) is 35.9 Å². The maximum atomic E-state index is 13.1. The summed E-state index contributed by atoms with van der Waals surface area (Å²) in [5.41, 5.74) is 0.357. The van der Waals surface area contributed by atoms with Gasteiger partial charge in [-0.05, 0) is 23.8 Å². The van der Waals surface area contributed by atoms with Crippen LogP contribution in [0.4, 0.5) is 0 Å². The number of benzene rings is 1. The molecule has 0 saturated carbocycles. The highest BCUT2D eigenvalue weighted by molar-refractivity contribution is 6.02. The molecule has 1 aromatic rings. The third-order valence-corrected chi connectivity index (χ3v) is 6.03. The minimum absolute atomic E-state index is 0.000672. The van der Waals surface area contributed by atoms with Crippen molar-refractivity contribution in [3.63, 3.8) is 0 Å². The molecular weight excluding hydrogens is 326 g/mol. The van der Waals surface area contributed by atoms with Gasteiger partial charge in [0.2, 0.25) is 11.8 Å². The molecule has 0 aliphatic carbocycles. The first-order valence-corrected chi connectivity index (χ1v) is 9.32. The van der Waals surface area contributed by atoms with E-state index in [9.17, 15) is 14.9 Å². The van der Waals surface area contributed by atoms with E-state index in [1.165, 1.54) is 0 Å². The van der Waals surface area contributed by atoms with Gasteiger partial charge >= 0.3 is 0 Å². The second-order valence-corrected chi connectivity index (χ2v) is 8.58. The highest BCUT2D eigenvalue weighted by Gasteiger charge is 2.48. The summed E-state index contributed by atoms with van der Waals surface area (Å²) in [5.74, 6) is -0.852. The van der Waals surface area contributed by atoms with Gasteiger partial charge in [-0.3, -0.25) is 9.59 Å². The second-order valence-electron chi connectivity index (χ2n) is 8.58. The molecule has 2 atom stereocenters. The zero-order valence-corrected chi connectivity index (χ0v) is 15.8. The fourth-order valence-corrected chi connectivity index (χ4v) is 4.24. The lowest BCUT2D eigenvalue weighted by Crippen LogP contribution is -2.49. The minimum Gasteiger partial charge on any atom is -0.355 e. The van der Waals surface area contributed by atoms with E-state index in [-0.39, 0.29) is 23.1 Å². The van der Waals surface area contributed by atoms with Crippen molar-refractivity contribution in [2.45, 2.75) is 39.0 Å². The topological polar surface area (TPSA) is 73.2 Å². The molecule has 2 amide bonds. The molecule has 26 heavy (non-hydrogen) atoms. The maximum Gasteiger partial charge on any atom is 0.235 e. The van der Waals surface area contributed by atoms with Gasteiger partial charge in [-0.1, -0.05) is 51.1 Å². The smallest absolute Gasteiger partial charge is 0.235 e. The van der Waals surface area contributed by atoms with Crippen molar-refractivity contribution in [3.8, 4) is 6.07 Å². The Hall–Kier alpha value is -2.35. The summed E-state index contributed by atoms with van der Waals surface area (Å²) in [7, 11) is 0. The average Bonchev–Trinajstić information content (AvgIpc) is 3.04. The first kappa shape index (κ1) is 18.4. The number of hydrogen-bond acceptors (Lipinski definition) is 3. The number of likely N-dealkylation sites (tertiary alicyclic amines) is 1. The molecule has 1 aromatic carbocycles. The lowest BCUT2D eigenvalue weighted by atomic mass is 9.72. The largest absolute Gasteiger partial charge is 0.355 e. The van der Waals surface area contributed by atoms with E-state index in [2.05, 4.69) is 32.2 Å². The van der Waals surface area contributed by atoms with Gasteiger partial charge in [-0.25, -0.2) is 0 Å². The van der Waals surface area contributed by atoms with Gasteiger partial charge in [0.1, 0.15) is 5.92 Å². The Morgan fingerprint density at radius 3 is 2.38 bits per heavy atom. The van der Waals surface area contributed by atoms with Crippen LogP contribution >= 0.6 is 0 Å². The zero-order valence-electron chi connectivity index (χ0n) is 15.8. The molecule has 0 aromatic heterocycles. The van der Waals surface area contributed by atoms with E-state index < -0.39 is 11.3 Å². The summed E-state index contributed by atoms with van der Waals surface area (Å²) in [5, 5.41) is 12.7. The lowest BCUT2D eigenvalue weighted by molar-refractivity contribution is -0.144. The van der Waals surface area contributed by atoms with Gasteiger partial charge in [0, 0.05) is 25.6 Å². The van der Waals surface area contributed by atoms with E-state index in [1.54, 1.807) is 4.90 Å². The van der Waals surface area contributed by atoms with E-state index in [0.29, 0.717) is 32.5 Å². The highest BCUT2D eigenvalue weighted by Crippen LogP contribution is 2.39. The molecule has 3 rings (SSSR count). The van der Waals surface area contributed by atoms with Gasteiger partial charge in [0.15, 0.2) is 0 Å². The van der Waals surface area contributed by atoms with Crippen LogP contribution in [0.25, 0.3) is 0 Å². The molecule has 138 valence electrons. The molecule has 1 N–H and O–H groups in total. The molecule has 2 fully saturated rings. The summed E-state index contributed by atoms with van der Waals surface area (Å²) in [6.45, 7) is 7.81. The number of hydrogen-bond donors (Lipinski definition) is 1. The number of carbonyl (C=O) groups is 2. The van der Waals surface area contributed by atoms with Crippen molar-refractivity contribution in [2.24, 2.45) is 17.3 Å². The van der Waals surface area contributed by atoms with Crippen molar-refractivity contribution in [1.29, 1.82) is 5.26 Å². The number of amides is 2. The molecule has 0 bridgehead atoms. The maximum absolute atomic E-state index is 13.1. The van der Waals surface area contributed by atoms with E-state index >= 15 is 0 Å². The number of nitriles is 1. The Balaban J connectivity index is 1.74. The summed E-state index contributed by atoms with van der Waals surface area (Å²) in [6.07, 6.45) is 1.21. The molecule has 2 aliphatic rings. The monoisotopic (exact) mass is 353 g/mol. The molecule has 2 saturated heterocycles. The Bertz CT molecular complexity index is 722. The number of rotatable bonds is 2. The number of nitrogens with zero attached hydrogens (tertiary/aromatic N) is 2. The molecule has 2 aliphatic heterocycles. The van der Waals surface area contributed by atoms with Crippen LogP contribution in [0.1, 0.15) is 39.2 Å². The minimum atomic E-state index is -0.610. The third-order valence-electron chi connectivity index (χ3n) is 6.03. The summed E-state index contributed by atoms with van der Waals surface area (Å²) >= 11 is 0. The first-order valence-electron chi connectivity index (χ1n) is 9.32. The fourth-order valence-electron chi connectivity index (χ4n) is 4.24. The Kier molecular flexibility index (Phi) is 4.79. The molecule has 0 spiro atoms. The quantitative estimate of drug-likeness (QED) is 0.830. The Morgan fingerprint density at radius 1 is 1.23 bits per heavy atom. The third kappa shape index (κ3) is 3.21. The van der Waals surface area contributed by atoms with Crippen LogP contribution in [0, 0.1) is 28.6 Å².